The molecule has 0 N–H and O–H groups in total. The van der Waals surface area contributed by atoms with Crippen molar-refractivity contribution in [2.75, 3.05) is 0 Å². The maximum atomic E-state index is 2.29. The predicted octanol–water partition coefficient (Wildman–Crippen LogP) is 4.40. The molecule has 0 saturated heterocycles. The smallest absolute Gasteiger partial charge is 0.0238 e. The van der Waals surface area contributed by atoms with E-state index in [1.165, 1.54) is 27.8 Å². The summed E-state index contributed by atoms with van der Waals surface area (Å²) in [6.07, 6.45) is 2.26. The van der Waals surface area contributed by atoms with Crippen molar-refractivity contribution in [3.63, 3.8) is 0 Å². The van der Waals surface area contributed by atoms with Crippen LogP contribution in [0.1, 0.15) is 27.8 Å². The largest absolute Gasteiger partial charge is 0.0591 e. The first-order chi connectivity index (χ1) is 8.13. The molecule has 0 nitrogen and oxygen atoms in total. The molecule has 0 heterocycles. The summed E-state index contributed by atoms with van der Waals surface area (Å²) in [5, 5.41) is 0. The van der Waals surface area contributed by atoms with E-state index in [-0.39, 0.29) is 0 Å². The lowest BCUT2D eigenvalue weighted by atomic mass is 10.0. The number of hydrogen-bond acceptors (Lipinski definition) is 0. The molecule has 88 valence electrons. The minimum absolute atomic E-state index is 1.13. The summed E-state index contributed by atoms with van der Waals surface area (Å²) in [6, 6.07) is 15.7. The summed E-state index contributed by atoms with van der Waals surface area (Å²) >= 11 is 0. The van der Waals surface area contributed by atoms with E-state index in [2.05, 4.69) is 63.2 Å². The SMILES string of the molecule is Cc1ccc(CCc2cc(C)cc(C)c2)cc1. The van der Waals surface area contributed by atoms with Crippen LogP contribution in [-0.2, 0) is 12.8 Å². The molecule has 2 aromatic carbocycles. The average Bonchev–Trinajstić information content (AvgIpc) is 2.27. The fourth-order valence-electron chi connectivity index (χ4n) is 2.26. The lowest BCUT2D eigenvalue weighted by molar-refractivity contribution is 0.954. The van der Waals surface area contributed by atoms with Gasteiger partial charge in [0, 0.05) is 0 Å². The Labute approximate surface area is 104 Å². The molecular formula is C17H20. The zero-order valence-corrected chi connectivity index (χ0v) is 11.0. The van der Waals surface area contributed by atoms with Crippen LogP contribution in [0.25, 0.3) is 0 Å². The molecule has 0 spiro atoms. The molecule has 0 aromatic heterocycles. The van der Waals surface area contributed by atoms with Gasteiger partial charge in [-0.1, -0.05) is 59.2 Å². The van der Waals surface area contributed by atoms with Gasteiger partial charge < -0.3 is 0 Å². The lowest BCUT2D eigenvalue weighted by Gasteiger charge is -2.05. The topological polar surface area (TPSA) is 0 Å². The van der Waals surface area contributed by atoms with Crippen molar-refractivity contribution in [2.45, 2.75) is 33.6 Å². The molecule has 0 aliphatic carbocycles. The van der Waals surface area contributed by atoms with Crippen LogP contribution in [0.3, 0.4) is 0 Å². The van der Waals surface area contributed by atoms with Crippen molar-refractivity contribution in [3.8, 4) is 0 Å². The Kier molecular flexibility index (Phi) is 3.63. The highest BCUT2D eigenvalue weighted by atomic mass is 14.0. The van der Waals surface area contributed by atoms with Crippen molar-refractivity contribution >= 4 is 0 Å². The van der Waals surface area contributed by atoms with Gasteiger partial charge in [0.25, 0.3) is 0 Å². The number of benzene rings is 2. The molecule has 0 bridgehead atoms. The first kappa shape index (κ1) is 11.9. The highest BCUT2D eigenvalue weighted by Crippen LogP contribution is 2.12. The molecule has 17 heavy (non-hydrogen) atoms. The van der Waals surface area contributed by atoms with E-state index in [9.17, 15) is 0 Å². The second-order valence-electron chi connectivity index (χ2n) is 4.98. The zero-order chi connectivity index (χ0) is 12.3. The second kappa shape index (κ2) is 5.18. The Morgan fingerprint density at radius 1 is 0.588 bits per heavy atom. The van der Waals surface area contributed by atoms with Crippen LogP contribution in [-0.4, -0.2) is 0 Å². The van der Waals surface area contributed by atoms with E-state index in [1.807, 2.05) is 0 Å². The first-order valence-electron chi connectivity index (χ1n) is 6.26. The van der Waals surface area contributed by atoms with Crippen LogP contribution in [0.15, 0.2) is 42.5 Å². The summed E-state index contributed by atoms with van der Waals surface area (Å²) < 4.78 is 0. The Morgan fingerprint density at radius 2 is 1.12 bits per heavy atom. The molecule has 2 aromatic rings. The Balaban J connectivity index is 2.04. The van der Waals surface area contributed by atoms with E-state index in [0.29, 0.717) is 0 Å². The highest BCUT2D eigenvalue weighted by molar-refractivity contribution is 5.30. The fraction of sp³-hybridized carbons (Fsp3) is 0.294. The zero-order valence-electron chi connectivity index (χ0n) is 11.0. The molecule has 0 saturated carbocycles. The van der Waals surface area contributed by atoms with Gasteiger partial charge in [-0.25, -0.2) is 0 Å². The molecule has 0 unspecified atom stereocenters. The average molecular weight is 224 g/mol. The van der Waals surface area contributed by atoms with E-state index in [4.69, 9.17) is 0 Å². The molecule has 0 radical (unpaired) electrons. The molecule has 0 heteroatoms. The van der Waals surface area contributed by atoms with Gasteiger partial charge in [0.1, 0.15) is 0 Å². The lowest BCUT2D eigenvalue weighted by Crippen LogP contribution is -1.93. The van der Waals surface area contributed by atoms with Crippen molar-refractivity contribution in [3.05, 3.63) is 70.3 Å². The van der Waals surface area contributed by atoms with Crippen molar-refractivity contribution in [1.29, 1.82) is 0 Å². The number of aryl methyl sites for hydroxylation is 5. The quantitative estimate of drug-likeness (QED) is 0.725. The second-order valence-corrected chi connectivity index (χ2v) is 4.98. The third kappa shape index (κ3) is 3.45. The van der Waals surface area contributed by atoms with Crippen molar-refractivity contribution < 1.29 is 0 Å². The van der Waals surface area contributed by atoms with Gasteiger partial charge in [-0.3, -0.25) is 0 Å². The molecule has 2 rings (SSSR count). The molecule has 0 amide bonds. The van der Waals surface area contributed by atoms with Gasteiger partial charge in [0.2, 0.25) is 0 Å². The first-order valence-corrected chi connectivity index (χ1v) is 6.26. The minimum Gasteiger partial charge on any atom is -0.0591 e. The Bertz CT molecular complexity index is 472. The fourth-order valence-corrected chi connectivity index (χ4v) is 2.26. The minimum atomic E-state index is 1.13. The Morgan fingerprint density at radius 3 is 1.71 bits per heavy atom. The van der Waals surface area contributed by atoms with E-state index >= 15 is 0 Å². The molecule has 0 aliphatic heterocycles. The summed E-state index contributed by atoms with van der Waals surface area (Å²) in [4.78, 5) is 0. The molecule has 0 atom stereocenters. The van der Waals surface area contributed by atoms with Crippen LogP contribution in [0.5, 0.6) is 0 Å². The summed E-state index contributed by atoms with van der Waals surface area (Å²) in [7, 11) is 0. The van der Waals surface area contributed by atoms with E-state index in [0.717, 1.165) is 12.8 Å². The maximum absolute atomic E-state index is 2.29. The molecule has 0 aliphatic rings. The van der Waals surface area contributed by atoms with Crippen molar-refractivity contribution in [1.82, 2.24) is 0 Å². The van der Waals surface area contributed by atoms with Gasteiger partial charge in [-0.05, 0) is 44.7 Å². The Hall–Kier alpha value is -1.56. The summed E-state index contributed by atoms with van der Waals surface area (Å²) in [5.74, 6) is 0. The highest BCUT2D eigenvalue weighted by Gasteiger charge is 1.98. The van der Waals surface area contributed by atoms with Crippen LogP contribution in [0.4, 0.5) is 0 Å². The summed E-state index contributed by atoms with van der Waals surface area (Å²) in [6.45, 7) is 6.47. The third-order valence-corrected chi connectivity index (χ3v) is 3.10. The predicted molar refractivity (Wildman–Crippen MR) is 74.5 cm³/mol. The van der Waals surface area contributed by atoms with Crippen LogP contribution < -0.4 is 0 Å². The normalized spacial score (nSPS) is 10.5. The van der Waals surface area contributed by atoms with Gasteiger partial charge in [-0.2, -0.15) is 0 Å². The van der Waals surface area contributed by atoms with Crippen LogP contribution >= 0.6 is 0 Å². The molecular weight excluding hydrogens is 204 g/mol. The maximum Gasteiger partial charge on any atom is -0.0238 e. The standard InChI is InChI=1S/C17H20/c1-13-4-6-16(7-5-13)8-9-17-11-14(2)10-15(3)12-17/h4-7,10-12H,8-9H2,1-3H3. The molecule has 0 fully saturated rings. The van der Waals surface area contributed by atoms with Crippen LogP contribution in [0, 0.1) is 20.8 Å². The number of rotatable bonds is 3. The van der Waals surface area contributed by atoms with E-state index < -0.39 is 0 Å². The van der Waals surface area contributed by atoms with Gasteiger partial charge in [0.15, 0.2) is 0 Å². The third-order valence-electron chi connectivity index (χ3n) is 3.10. The van der Waals surface area contributed by atoms with Crippen LogP contribution in [0.2, 0.25) is 0 Å². The summed E-state index contributed by atoms with van der Waals surface area (Å²) in [5.41, 5.74) is 6.94. The van der Waals surface area contributed by atoms with Gasteiger partial charge >= 0.3 is 0 Å². The van der Waals surface area contributed by atoms with Gasteiger partial charge in [0.05, 0.1) is 0 Å². The van der Waals surface area contributed by atoms with Crippen molar-refractivity contribution in [2.24, 2.45) is 0 Å². The van der Waals surface area contributed by atoms with Gasteiger partial charge in [-0.15, -0.1) is 0 Å². The number of hydrogen-bond donors (Lipinski definition) is 0. The van der Waals surface area contributed by atoms with E-state index in [1.54, 1.807) is 0 Å². The monoisotopic (exact) mass is 224 g/mol.